The highest BCUT2D eigenvalue weighted by Crippen LogP contribution is 2.17. The molecule has 92 valence electrons. The molecule has 1 aliphatic rings. The van der Waals surface area contributed by atoms with E-state index in [2.05, 4.69) is 12.1 Å². The fraction of sp³-hybridized carbons (Fsp3) is 0.500. The Bertz CT molecular complexity index is 364. The van der Waals surface area contributed by atoms with Crippen LogP contribution in [0, 0.1) is 0 Å². The zero-order chi connectivity index (χ0) is 12.1. The first-order chi connectivity index (χ1) is 8.31. The van der Waals surface area contributed by atoms with Crippen molar-refractivity contribution in [3.63, 3.8) is 0 Å². The second-order valence-electron chi connectivity index (χ2n) is 4.60. The fourth-order valence-corrected chi connectivity index (χ4v) is 2.45. The van der Waals surface area contributed by atoms with Crippen LogP contribution in [0.25, 0.3) is 0 Å². The van der Waals surface area contributed by atoms with Crippen molar-refractivity contribution in [1.82, 2.24) is 4.90 Å². The number of nitrogens with zero attached hydrogens (tertiary/aromatic N) is 1. The summed E-state index contributed by atoms with van der Waals surface area (Å²) in [4.78, 5) is 14.0. The molecule has 1 unspecified atom stereocenters. The molecule has 2 rings (SSSR count). The molecule has 1 saturated heterocycles. The van der Waals surface area contributed by atoms with Gasteiger partial charge in [-0.3, -0.25) is 4.79 Å². The summed E-state index contributed by atoms with van der Waals surface area (Å²) in [6.45, 7) is 1.48. The first kappa shape index (κ1) is 12.1. The van der Waals surface area contributed by atoms with Gasteiger partial charge in [-0.15, -0.1) is 0 Å². The van der Waals surface area contributed by atoms with Crippen LogP contribution < -0.4 is 5.73 Å². The molecule has 1 aromatic carbocycles. The van der Waals surface area contributed by atoms with Crippen LogP contribution in [0.5, 0.6) is 0 Å². The van der Waals surface area contributed by atoms with Crippen LogP contribution in [-0.4, -0.2) is 29.9 Å². The molecule has 0 spiro atoms. The van der Waals surface area contributed by atoms with Crippen molar-refractivity contribution >= 4 is 5.91 Å². The van der Waals surface area contributed by atoms with E-state index in [4.69, 9.17) is 5.73 Å². The molecule has 0 aliphatic carbocycles. The number of benzene rings is 1. The molecular weight excluding hydrogens is 212 g/mol. The van der Waals surface area contributed by atoms with Gasteiger partial charge in [-0.1, -0.05) is 30.3 Å². The topological polar surface area (TPSA) is 46.3 Å². The van der Waals surface area contributed by atoms with Crippen molar-refractivity contribution < 1.29 is 4.79 Å². The highest BCUT2D eigenvalue weighted by Gasteiger charge is 2.26. The van der Waals surface area contributed by atoms with Gasteiger partial charge in [-0.2, -0.15) is 0 Å². The molecule has 1 atom stereocenters. The van der Waals surface area contributed by atoms with Crippen LogP contribution >= 0.6 is 0 Å². The van der Waals surface area contributed by atoms with Crippen LogP contribution in [0.3, 0.4) is 0 Å². The summed E-state index contributed by atoms with van der Waals surface area (Å²) in [5, 5.41) is 0. The van der Waals surface area contributed by atoms with Gasteiger partial charge < -0.3 is 10.6 Å². The molecule has 2 N–H and O–H groups in total. The highest BCUT2D eigenvalue weighted by atomic mass is 16.2. The number of carbonyl (C=O) groups excluding carboxylic acids is 1. The van der Waals surface area contributed by atoms with E-state index in [-0.39, 0.29) is 11.9 Å². The van der Waals surface area contributed by atoms with E-state index in [1.165, 1.54) is 5.56 Å². The number of rotatable bonds is 4. The van der Waals surface area contributed by atoms with Gasteiger partial charge in [-0.05, 0) is 24.8 Å². The lowest BCUT2D eigenvalue weighted by Crippen LogP contribution is -2.39. The van der Waals surface area contributed by atoms with Crippen LogP contribution in [0.4, 0.5) is 0 Å². The Kier molecular flexibility index (Phi) is 4.15. The SMILES string of the molecule is NCC1CCCN1C(=O)CCc1ccccc1. The molecule has 0 saturated carbocycles. The van der Waals surface area contributed by atoms with Gasteiger partial charge in [0, 0.05) is 25.6 Å². The molecular formula is C14H20N2O. The van der Waals surface area contributed by atoms with E-state index in [1.54, 1.807) is 0 Å². The lowest BCUT2D eigenvalue weighted by atomic mass is 10.1. The Morgan fingerprint density at radius 2 is 2.12 bits per heavy atom. The van der Waals surface area contributed by atoms with Gasteiger partial charge in [-0.25, -0.2) is 0 Å². The van der Waals surface area contributed by atoms with Gasteiger partial charge in [0.25, 0.3) is 0 Å². The minimum absolute atomic E-state index is 0.252. The van der Waals surface area contributed by atoms with E-state index >= 15 is 0 Å². The van der Waals surface area contributed by atoms with Crippen LogP contribution in [-0.2, 0) is 11.2 Å². The normalized spacial score (nSPS) is 19.6. The molecule has 1 heterocycles. The minimum atomic E-state index is 0.252. The van der Waals surface area contributed by atoms with Crippen LogP contribution in [0.2, 0.25) is 0 Å². The number of likely N-dealkylation sites (tertiary alicyclic amines) is 1. The maximum Gasteiger partial charge on any atom is 0.223 e. The van der Waals surface area contributed by atoms with Crippen molar-refractivity contribution in [2.75, 3.05) is 13.1 Å². The molecule has 17 heavy (non-hydrogen) atoms. The van der Waals surface area contributed by atoms with E-state index in [9.17, 15) is 4.79 Å². The van der Waals surface area contributed by atoms with Gasteiger partial charge in [0.05, 0.1) is 0 Å². The second-order valence-corrected chi connectivity index (χ2v) is 4.60. The highest BCUT2D eigenvalue weighted by molar-refractivity contribution is 5.77. The largest absolute Gasteiger partial charge is 0.338 e. The lowest BCUT2D eigenvalue weighted by Gasteiger charge is -2.23. The number of hydrogen-bond acceptors (Lipinski definition) is 2. The molecule has 3 nitrogen and oxygen atoms in total. The molecule has 0 aromatic heterocycles. The summed E-state index contributed by atoms with van der Waals surface area (Å²) in [6.07, 6.45) is 3.58. The zero-order valence-electron chi connectivity index (χ0n) is 10.1. The van der Waals surface area contributed by atoms with Crippen molar-refractivity contribution in [2.45, 2.75) is 31.7 Å². The Labute approximate surface area is 103 Å². The number of carbonyl (C=O) groups is 1. The van der Waals surface area contributed by atoms with E-state index in [0.717, 1.165) is 25.8 Å². The first-order valence-corrected chi connectivity index (χ1v) is 6.34. The van der Waals surface area contributed by atoms with E-state index in [1.807, 2.05) is 23.1 Å². The Balaban J connectivity index is 1.85. The number of nitrogens with two attached hydrogens (primary N) is 1. The third-order valence-electron chi connectivity index (χ3n) is 3.44. The molecule has 0 radical (unpaired) electrons. The first-order valence-electron chi connectivity index (χ1n) is 6.34. The molecule has 3 heteroatoms. The zero-order valence-corrected chi connectivity index (χ0v) is 10.1. The van der Waals surface area contributed by atoms with Crippen molar-refractivity contribution in [3.05, 3.63) is 35.9 Å². The molecule has 1 aliphatic heterocycles. The summed E-state index contributed by atoms with van der Waals surface area (Å²) >= 11 is 0. The summed E-state index contributed by atoms with van der Waals surface area (Å²) < 4.78 is 0. The quantitative estimate of drug-likeness (QED) is 0.856. The standard InChI is InChI=1S/C14H20N2O/c15-11-13-7-4-10-16(13)14(17)9-8-12-5-2-1-3-6-12/h1-3,5-6,13H,4,7-11,15H2. The van der Waals surface area contributed by atoms with E-state index < -0.39 is 0 Å². The maximum absolute atomic E-state index is 12.1. The number of amides is 1. The van der Waals surface area contributed by atoms with E-state index in [0.29, 0.717) is 13.0 Å². The van der Waals surface area contributed by atoms with Gasteiger partial charge in [0.15, 0.2) is 0 Å². The molecule has 1 amide bonds. The molecule has 1 fully saturated rings. The van der Waals surface area contributed by atoms with Crippen molar-refractivity contribution in [1.29, 1.82) is 0 Å². The molecule has 0 bridgehead atoms. The Morgan fingerprint density at radius 1 is 1.35 bits per heavy atom. The van der Waals surface area contributed by atoms with Crippen LogP contribution in [0.15, 0.2) is 30.3 Å². The van der Waals surface area contributed by atoms with Crippen LogP contribution in [0.1, 0.15) is 24.8 Å². The van der Waals surface area contributed by atoms with Gasteiger partial charge >= 0.3 is 0 Å². The average Bonchev–Trinajstić information content (AvgIpc) is 2.85. The monoisotopic (exact) mass is 232 g/mol. The smallest absolute Gasteiger partial charge is 0.223 e. The predicted octanol–water partition coefficient (Wildman–Crippen LogP) is 1.57. The molecule has 1 aromatic rings. The minimum Gasteiger partial charge on any atom is -0.338 e. The average molecular weight is 232 g/mol. The van der Waals surface area contributed by atoms with Crippen molar-refractivity contribution in [2.24, 2.45) is 5.73 Å². The summed E-state index contributed by atoms with van der Waals surface area (Å²) in [6, 6.07) is 10.4. The third kappa shape index (κ3) is 3.07. The maximum atomic E-state index is 12.1. The fourth-order valence-electron chi connectivity index (χ4n) is 2.45. The summed E-state index contributed by atoms with van der Waals surface area (Å²) in [5.41, 5.74) is 6.90. The van der Waals surface area contributed by atoms with Crippen molar-refractivity contribution in [3.8, 4) is 0 Å². The predicted molar refractivity (Wildman–Crippen MR) is 68.6 cm³/mol. The summed E-state index contributed by atoms with van der Waals surface area (Å²) in [5.74, 6) is 0.252. The Hall–Kier alpha value is -1.35. The lowest BCUT2D eigenvalue weighted by molar-refractivity contribution is -0.131. The number of hydrogen-bond donors (Lipinski definition) is 1. The van der Waals surface area contributed by atoms with Gasteiger partial charge in [0.2, 0.25) is 5.91 Å². The second kappa shape index (κ2) is 5.82. The third-order valence-corrected chi connectivity index (χ3v) is 3.44. The Morgan fingerprint density at radius 3 is 2.82 bits per heavy atom. The van der Waals surface area contributed by atoms with Gasteiger partial charge in [0.1, 0.15) is 0 Å². The summed E-state index contributed by atoms with van der Waals surface area (Å²) in [7, 11) is 0. The number of aryl methyl sites for hydroxylation is 1.